The van der Waals surface area contributed by atoms with Gasteiger partial charge in [0.25, 0.3) is 0 Å². The maximum absolute atomic E-state index is 13.4. The van der Waals surface area contributed by atoms with Crippen molar-refractivity contribution in [3.8, 4) is 0 Å². The van der Waals surface area contributed by atoms with Crippen LogP contribution in [0.3, 0.4) is 0 Å². The Balaban J connectivity index is 1.62. The van der Waals surface area contributed by atoms with Crippen LogP contribution in [0.1, 0.15) is 99.8 Å². The first-order chi connectivity index (χ1) is 16.7. The molecule has 204 valence electrons. The molecule has 5 aliphatic rings. The van der Waals surface area contributed by atoms with E-state index in [-0.39, 0.29) is 45.1 Å². The number of hydrogen-bond donors (Lipinski definition) is 1. The first-order valence-corrected chi connectivity index (χ1v) is 14.7. The van der Waals surface area contributed by atoms with Crippen molar-refractivity contribution in [1.82, 2.24) is 0 Å². The van der Waals surface area contributed by atoms with Gasteiger partial charge in [-0.3, -0.25) is 4.79 Å². The number of methoxy groups -OCH3 is 2. The summed E-state index contributed by atoms with van der Waals surface area (Å²) in [6, 6.07) is 0. The average molecular weight is 501 g/mol. The molecule has 0 aromatic heterocycles. The quantitative estimate of drug-likeness (QED) is 0.334. The molecular formula is C32H52O4. The highest BCUT2D eigenvalue weighted by atomic mass is 16.5. The summed E-state index contributed by atoms with van der Waals surface area (Å²) in [5.74, 6) is 2.45. The zero-order valence-electron chi connectivity index (χ0n) is 24.4. The Morgan fingerprint density at radius 2 is 1.67 bits per heavy atom. The Morgan fingerprint density at radius 1 is 0.972 bits per heavy atom. The van der Waals surface area contributed by atoms with Crippen molar-refractivity contribution in [1.29, 1.82) is 0 Å². The summed E-state index contributed by atoms with van der Waals surface area (Å²) in [5.41, 5.74) is 1.43. The van der Waals surface area contributed by atoms with Crippen LogP contribution in [-0.2, 0) is 14.3 Å². The average Bonchev–Trinajstić information content (AvgIpc) is 2.83. The molecule has 0 aromatic carbocycles. The second kappa shape index (κ2) is 8.31. The van der Waals surface area contributed by atoms with Crippen LogP contribution in [0.25, 0.3) is 0 Å². The molecule has 5 rings (SSSR count). The van der Waals surface area contributed by atoms with E-state index in [2.05, 4.69) is 54.5 Å². The fraction of sp³-hybridized carbons (Fsp3) is 0.906. The first-order valence-electron chi connectivity index (χ1n) is 14.7. The number of rotatable bonds is 2. The van der Waals surface area contributed by atoms with Gasteiger partial charge in [0.05, 0.1) is 24.7 Å². The molecule has 4 nitrogen and oxygen atoms in total. The lowest BCUT2D eigenvalue weighted by Gasteiger charge is -2.71. The topological polar surface area (TPSA) is 55.8 Å². The van der Waals surface area contributed by atoms with E-state index in [9.17, 15) is 9.90 Å². The Hall–Kier alpha value is -0.870. The smallest absolute Gasteiger partial charge is 0.312 e. The molecule has 4 saturated carbocycles. The molecule has 0 unspecified atom stereocenters. The van der Waals surface area contributed by atoms with Gasteiger partial charge in [-0.2, -0.15) is 0 Å². The molecule has 11 atom stereocenters. The van der Waals surface area contributed by atoms with Gasteiger partial charge in [-0.25, -0.2) is 0 Å². The maximum Gasteiger partial charge on any atom is 0.312 e. The van der Waals surface area contributed by atoms with E-state index >= 15 is 0 Å². The van der Waals surface area contributed by atoms with Crippen LogP contribution in [0, 0.1) is 56.7 Å². The standard InChI is InChI=1S/C32H52O4/c1-19-12-15-32(27(34)36-9)17-16-30(6)21(25(32)20(19)2)10-11-24-29(5)18-22(35-8)26(33)28(3,4)23(29)13-14-31(24,30)7/h10,19-20,22-26,33H,11-18H2,1-9H3/t19-,20-,22-,23+,24-,25-,26+,29-,30-,31-,32+/m1/s1. The highest BCUT2D eigenvalue weighted by Gasteiger charge is 2.70. The number of ether oxygens (including phenoxy) is 2. The van der Waals surface area contributed by atoms with Crippen LogP contribution in [0.15, 0.2) is 11.6 Å². The number of fused-ring (bicyclic) bond motifs is 7. The fourth-order valence-corrected chi connectivity index (χ4v) is 11.4. The van der Waals surface area contributed by atoms with E-state index < -0.39 is 6.10 Å². The molecule has 0 aromatic rings. The van der Waals surface area contributed by atoms with Gasteiger partial charge in [0.2, 0.25) is 0 Å². The molecule has 0 heterocycles. The molecule has 0 bridgehead atoms. The van der Waals surface area contributed by atoms with Crippen molar-refractivity contribution in [3.63, 3.8) is 0 Å². The zero-order chi connectivity index (χ0) is 26.5. The Kier molecular flexibility index (Phi) is 6.17. The van der Waals surface area contributed by atoms with Crippen molar-refractivity contribution in [3.05, 3.63) is 11.6 Å². The van der Waals surface area contributed by atoms with Gasteiger partial charge in [-0.15, -0.1) is 0 Å². The molecule has 4 fully saturated rings. The van der Waals surface area contributed by atoms with E-state index in [1.165, 1.54) is 6.42 Å². The van der Waals surface area contributed by atoms with E-state index in [4.69, 9.17) is 9.47 Å². The van der Waals surface area contributed by atoms with Crippen LogP contribution in [-0.4, -0.2) is 37.5 Å². The molecule has 0 aliphatic heterocycles. The van der Waals surface area contributed by atoms with Gasteiger partial charge in [0.15, 0.2) is 0 Å². The van der Waals surface area contributed by atoms with Crippen molar-refractivity contribution in [2.45, 2.75) is 112 Å². The summed E-state index contributed by atoms with van der Waals surface area (Å²) in [6.45, 7) is 17.0. The van der Waals surface area contributed by atoms with E-state index in [1.54, 1.807) is 19.8 Å². The number of hydrogen-bond acceptors (Lipinski definition) is 4. The number of aliphatic hydroxyl groups excluding tert-OH is 1. The minimum atomic E-state index is -0.421. The van der Waals surface area contributed by atoms with Gasteiger partial charge in [0.1, 0.15) is 0 Å². The third-order valence-electron chi connectivity index (χ3n) is 13.8. The highest BCUT2D eigenvalue weighted by molar-refractivity contribution is 5.78. The van der Waals surface area contributed by atoms with Crippen molar-refractivity contribution in [2.24, 2.45) is 56.7 Å². The molecule has 0 spiro atoms. The van der Waals surface area contributed by atoms with Gasteiger partial charge in [0, 0.05) is 7.11 Å². The van der Waals surface area contributed by atoms with Gasteiger partial charge < -0.3 is 14.6 Å². The Labute approximate surface area is 220 Å². The zero-order valence-corrected chi connectivity index (χ0v) is 24.4. The van der Waals surface area contributed by atoms with Crippen LogP contribution >= 0.6 is 0 Å². The van der Waals surface area contributed by atoms with Gasteiger partial charge in [-0.05, 0) is 103 Å². The Bertz CT molecular complexity index is 938. The third-order valence-corrected chi connectivity index (χ3v) is 13.8. The molecule has 36 heavy (non-hydrogen) atoms. The predicted octanol–water partition coefficient (Wildman–Crippen LogP) is 6.80. The van der Waals surface area contributed by atoms with Crippen molar-refractivity contribution < 1.29 is 19.4 Å². The van der Waals surface area contributed by atoms with Crippen LogP contribution < -0.4 is 0 Å². The van der Waals surface area contributed by atoms with Crippen molar-refractivity contribution >= 4 is 5.97 Å². The van der Waals surface area contributed by atoms with E-state index in [1.807, 2.05) is 0 Å². The number of carbonyl (C=O) groups excluding carboxylic acids is 1. The second-order valence-corrected chi connectivity index (χ2v) is 15.0. The summed E-state index contributed by atoms with van der Waals surface area (Å²) in [7, 11) is 3.36. The second-order valence-electron chi connectivity index (χ2n) is 15.0. The lowest BCUT2D eigenvalue weighted by atomic mass is 9.33. The molecule has 0 amide bonds. The molecule has 4 heteroatoms. The monoisotopic (exact) mass is 500 g/mol. The minimum Gasteiger partial charge on any atom is -0.469 e. The molecule has 0 saturated heterocycles. The van der Waals surface area contributed by atoms with Crippen LogP contribution in [0.5, 0.6) is 0 Å². The number of allylic oxidation sites excluding steroid dienone is 2. The maximum atomic E-state index is 13.4. The van der Waals surface area contributed by atoms with E-state index in [0.29, 0.717) is 23.7 Å². The molecular weight excluding hydrogens is 448 g/mol. The fourth-order valence-electron chi connectivity index (χ4n) is 11.4. The summed E-state index contributed by atoms with van der Waals surface area (Å²) in [4.78, 5) is 13.4. The normalized spacial score (nSPS) is 53.7. The molecule has 0 radical (unpaired) electrons. The predicted molar refractivity (Wildman–Crippen MR) is 143 cm³/mol. The van der Waals surface area contributed by atoms with E-state index in [0.717, 1.165) is 44.9 Å². The third kappa shape index (κ3) is 3.09. The lowest BCUT2D eigenvalue weighted by molar-refractivity contribution is -0.236. The molecule has 1 N–H and O–H groups in total. The SMILES string of the molecule is COC(=O)[C@]12CC[C@@H](C)[C@@H](C)[C@@H]1C1=CC[C@@H]3[C@]4(C)C[C@@H](OC)[C@H](O)C(C)(C)[C@@H]4CC[C@@]3(C)[C@]1(C)CC2. The first kappa shape index (κ1) is 26.7. The Morgan fingerprint density at radius 3 is 2.31 bits per heavy atom. The largest absolute Gasteiger partial charge is 0.469 e. The molecule has 5 aliphatic carbocycles. The van der Waals surface area contributed by atoms with Crippen LogP contribution in [0.4, 0.5) is 0 Å². The number of carbonyl (C=O) groups is 1. The lowest BCUT2D eigenvalue weighted by Crippen LogP contribution is -2.67. The summed E-state index contributed by atoms with van der Waals surface area (Å²) in [5, 5.41) is 11.3. The van der Waals surface area contributed by atoms with Crippen LogP contribution in [0.2, 0.25) is 0 Å². The minimum absolute atomic E-state index is 0.0306. The number of esters is 1. The number of aliphatic hydroxyl groups is 1. The summed E-state index contributed by atoms with van der Waals surface area (Å²) < 4.78 is 11.4. The van der Waals surface area contributed by atoms with Crippen molar-refractivity contribution in [2.75, 3.05) is 14.2 Å². The highest BCUT2D eigenvalue weighted by Crippen LogP contribution is 2.75. The summed E-state index contributed by atoms with van der Waals surface area (Å²) >= 11 is 0. The van der Waals surface area contributed by atoms with Gasteiger partial charge >= 0.3 is 5.97 Å². The van der Waals surface area contributed by atoms with Gasteiger partial charge in [-0.1, -0.05) is 60.1 Å². The summed E-state index contributed by atoms with van der Waals surface area (Å²) in [6.07, 6.45) is 10.5.